The Hall–Kier alpha value is -1.32. The number of alkyl halides is 1. The maximum absolute atomic E-state index is 14.9. The molecule has 1 aliphatic heterocycles. The van der Waals surface area contributed by atoms with Gasteiger partial charge in [0.15, 0.2) is 11.9 Å². The highest BCUT2D eigenvalue weighted by Crippen LogP contribution is 2.43. The molecule has 0 aliphatic carbocycles. The van der Waals surface area contributed by atoms with E-state index in [0.717, 1.165) is 23.8 Å². The van der Waals surface area contributed by atoms with Crippen molar-refractivity contribution in [2.24, 2.45) is 0 Å². The van der Waals surface area contributed by atoms with Crippen LogP contribution in [0.2, 0.25) is 0 Å². The van der Waals surface area contributed by atoms with Gasteiger partial charge in [0.25, 0.3) is 13.1 Å². The Kier molecular flexibility index (Phi) is 5.70. The molecule has 9 nitrogen and oxygen atoms in total. The number of H-pyrrole nitrogens is 1. The second kappa shape index (κ2) is 7.13. The molecule has 1 aliphatic rings. The summed E-state index contributed by atoms with van der Waals surface area (Å²) in [6.07, 6.45) is -3.13. The summed E-state index contributed by atoms with van der Waals surface area (Å²) in [6, 6.07) is 0.952. The summed E-state index contributed by atoms with van der Waals surface area (Å²) >= 11 is 0. The normalized spacial score (nSPS) is 32.0. The molecule has 5 atom stereocenters. The SMILES string of the molecule is CC(C)NP(C)(=O)OC[C@H]1O[C@@H](n2ccc(=O)[nH]c2=O)C(C)(F)[C@@H]1O. The smallest absolute Gasteiger partial charge is 0.330 e. The summed E-state index contributed by atoms with van der Waals surface area (Å²) in [6.45, 7) is 5.70. The van der Waals surface area contributed by atoms with E-state index in [4.69, 9.17) is 9.26 Å². The minimum absolute atomic E-state index is 0.0934. The number of rotatable bonds is 6. The van der Waals surface area contributed by atoms with Crippen LogP contribution in [0.5, 0.6) is 0 Å². The zero-order valence-electron chi connectivity index (χ0n) is 14.4. The molecule has 1 saturated heterocycles. The van der Waals surface area contributed by atoms with E-state index in [2.05, 4.69) is 5.09 Å². The molecule has 3 N–H and O–H groups in total. The van der Waals surface area contributed by atoms with Crippen LogP contribution < -0.4 is 16.3 Å². The topological polar surface area (TPSA) is 123 Å². The van der Waals surface area contributed by atoms with Gasteiger partial charge in [-0.2, -0.15) is 0 Å². The maximum Gasteiger partial charge on any atom is 0.330 e. The molecule has 0 saturated carbocycles. The van der Waals surface area contributed by atoms with Crippen molar-refractivity contribution in [1.29, 1.82) is 0 Å². The molecule has 0 amide bonds. The van der Waals surface area contributed by atoms with Crippen LogP contribution in [-0.4, -0.2) is 51.8 Å². The van der Waals surface area contributed by atoms with Crippen LogP contribution in [0.3, 0.4) is 0 Å². The molecular weight excluding hydrogens is 356 g/mol. The van der Waals surface area contributed by atoms with Crippen LogP contribution in [0, 0.1) is 0 Å². The highest BCUT2D eigenvalue weighted by Gasteiger charge is 2.55. The lowest BCUT2D eigenvalue weighted by Gasteiger charge is -2.24. The molecule has 2 heterocycles. The first-order chi connectivity index (χ1) is 11.4. The standard InChI is InChI=1S/C14H23FN3O6P/c1-8(2)17-25(4,22)23-7-9-11(20)14(3,15)12(24-9)18-6-5-10(19)16-13(18)21/h5-6,8-9,11-12,20H,7H2,1-4H3,(H,17,22)(H,16,19,21)/t9-,11-,12-,14?,25?/m1/s1. The third-order valence-electron chi connectivity index (χ3n) is 3.80. The number of aliphatic hydroxyl groups is 1. The molecule has 0 spiro atoms. The summed E-state index contributed by atoms with van der Waals surface area (Å²) in [7, 11) is -3.16. The van der Waals surface area contributed by atoms with E-state index in [-0.39, 0.29) is 12.6 Å². The first-order valence-corrected chi connectivity index (χ1v) is 9.85. The van der Waals surface area contributed by atoms with E-state index in [1.165, 1.54) is 6.66 Å². The fourth-order valence-corrected chi connectivity index (χ4v) is 4.13. The number of halogens is 1. The van der Waals surface area contributed by atoms with Gasteiger partial charge in [0.2, 0.25) is 0 Å². The van der Waals surface area contributed by atoms with E-state index in [1.54, 1.807) is 13.8 Å². The van der Waals surface area contributed by atoms with Gasteiger partial charge in [0, 0.05) is 25.0 Å². The fraction of sp³-hybridized carbons (Fsp3) is 0.714. The van der Waals surface area contributed by atoms with Crippen LogP contribution in [0.25, 0.3) is 0 Å². The molecule has 0 bridgehead atoms. The summed E-state index contributed by atoms with van der Waals surface area (Å²) < 4.78 is 38.7. The van der Waals surface area contributed by atoms with Gasteiger partial charge in [-0.15, -0.1) is 0 Å². The van der Waals surface area contributed by atoms with Crippen molar-refractivity contribution in [3.05, 3.63) is 33.1 Å². The quantitative estimate of drug-likeness (QED) is 0.610. The molecular formula is C14H23FN3O6P. The van der Waals surface area contributed by atoms with E-state index in [9.17, 15) is 23.7 Å². The Morgan fingerprint density at radius 3 is 2.76 bits per heavy atom. The van der Waals surface area contributed by atoms with Crippen LogP contribution >= 0.6 is 7.52 Å². The van der Waals surface area contributed by atoms with Crippen LogP contribution in [-0.2, 0) is 13.8 Å². The molecule has 1 fully saturated rings. The van der Waals surface area contributed by atoms with Gasteiger partial charge in [0.05, 0.1) is 6.61 Å². The Bertz CT molecular complexity index is 776. The van der Waals surface area contributed by atoms with Gasteiger partial charge in [-0.3, -0.25) is 18.9 Å². The number of aromatic nitrogens is 2. The van der Waals surface area contributed by atoms with Gasteiger partial charge in [-0.1, -0.05) is 0 Å². The second-order valence-corrected chi connectivity index (χ2v) is 8.77. The molecule has 1 aromatic heterocycles. The Labute approximate surface area is 143 Å². The van der Waals surface area contributed by atoms with Gasteiger partial charge in [0.1, 0.15) is 12.2 Å². The monoisotopic (exact) mass is 379 g/mol. The van der Waals surface area contributed by atoms with Crippen LogP contribution in [0.4, 0.5) is 4.39 Å². The van der Waals surface area contributed by atoms with Crippen molar-refractivity contribution in [3.8, 4) is 0 Å². The predicted octanol–water partition coefficient (Wildman–Crippen LogP) is 0.361. The minimum Gasteiger partial charge on any atom is -0.387 e. The number of ether oxygens (including phenoxy) is 1. The van der Waals surface area contributed by atoms with Gasteiger partial charge < -0.3 is 14.4 Å². The maximum atomic E-state index is 14.9. The lowest BCUT2D eigenvalue weighted by molar-refractivity contribution is -0.0585. The number of hydrogen-bond acceptors (Lipinski definition) is 6. The summed E-state index contributed by atoms with van der Waals surface area (Å²) in [5.74, 6) is 0. The zero-order chi connectivity index (χ0) is 19.0. The van der Waals surface area contributed by atoms with Crippen molar-refractivity contribution in [1.82, 2.24) is 14.6 Å². The third kappa shape index (κ3) is 4.45. The second-order valence-electron chi connectivity index (χ2n) is 6.57. The van der Waals surface area contributed by atoms with E-state index in [1.807, 2.05) is 4.98 Å². The van der Waals surface area contributed by atoms with E-state index in [0.29, 0.717) is 0 Å². The number of nitrogens with one attached hydrogen (secondary N) is 2. The van der Waals surface area contributed by atoms with Crippen LogP contribution in [0.1, 0.15) is 27.0 Å². The van der Waals surface area contributed by atoms with Crippen LogP contribution in [0.15, 0.2) is 21.9 Å². The van der Waals surface area contributed by atoms with Gasteiger partial charge in [-0.25, -0.2) is 14.3 Å². The molecule has 11 heteroatoms. The molecule has 0 radical (unpaired) electrons. The highest BCUT2D eigenvalue weighted by atomic mass is 31.2. The lowest BCUT2D eigenvalue weighted by atomic mass is 9.98. The van der Waals surface area contributed by atoms with Crippen molar-refractivity contribution < 1.29 is 23.3 Å². The predicted molar refractivity (Wildman–Crippen MR) is 88.5 cm³/mol. The molecule has 0 aromatic carbocycles. The molecule has 2 rings (SSSR count). The molecule has 2 unspecified atom stereocenters. The Morgan fingerprint density at radius 1 is 1.56 bits per heavy atom. The number of aromatic amines is 1. The lowest BCUT2D eigenvalue weighted by Crippen LogP contribution is -2.43. The van der Waals surface area contributed by atoms with Crippen molar-refractivity contribution >= 4 is 7.52 Å². The Balaban J connectivity index is 2.17. The average Bonchev–Trinajstić information content (AvgIpc) is 2.67. The summed E-state index contributed by atoms with van der Waals surface area (Å²) in [4.78, 5) is 25.0. The molecule has 25 heavy (non-hydrogen) atoms. The van der Waals surface area contributed by atoms with Gasteiger partial charge in [-0.05, 0) is 20.8 Å². The van der Waals surface area contributed by atoms with E-state index >= 15 is 0 Å². The largest absolute Gasteiger partial charge is 0.387 e. The highest BCUT2D eigenvalue weighted by molar-refractivity contribution is 7.56. The minimum atomic E-state index is -3.16. The van der Waals surface area contributed by atoms with Crippen molar-refractivity contribution in [2.75, 3.05) is 13.3 Å². The number of nitrogens with zero attached hydrogens (tertiary/aromatic N) is 1. The summed E-state index contributed by atoms with van der Waals surface area (Å²) in [5, 5.41) is 12.9. The summed E-state index contributed by atoms with van der Waals surface area (Å²) in [5.41, 5.74) is -3.82. The van der Waals surface area contributed by atoms with Crippen molar-refractivity contribution in [3.63, 3.8) is 0 Å². The Morgan fingerprint density at radius 2 is 2.20 bits per heavy atom. The molecule has 1 aromatic rings. The zero-order valence-corrected chi connectivity index (χ0v) is 15.3. The fourth-order valence-electron chi connectivity index (χ4n) is 2.68. The first-order valence-electron chi connectivity index (χ1n) is 7.78. The number of hydrogen-bond donors (Lipinski definition) is 3. The van der Waals surface area contributed by atoms with Crippen molar-refractivity contribution in [2.45, 2.75) is 50.9 Å². The average molecular weight is 379 g/mol. The van der Waals surface area contributed by atoms with Gasteiger partial charge >= 0.3 is 5.69 Å². The number of aliphatic hydroxyl groups excluding tert-OH is 1. The molecule has 142 valence electrons. The first kappa shape index (κ1) is 20.0. The van der Waals surface area contributed by atoms with E-state index < -0.39 is 42.9 Å². The third-order valence-corrected chi connectivity index (χ3v) is 5.43.